The van der Waals surface area contributed by atoms with E-state index in [-0.39, 0.29) is 11.9 Å². The zero-order chi connectivity index (χ0) is 15.6. The molecule has 1 atom stereocenters. The lowest BCUT2D eigenvalue weighted by Gasteiger charge is -2.37. The summed E-state index contributed by atoms with van der Waals surface area (Å²) in [4.78, 5) is 13.9. The van der Waals surface area contributed by atoms with Crippen molar-refractivity contribution in [2.45, 2.75) is 39.3 Å². The summed E-state index contributed by atoms with van der Waals surface area (Å²) in [5.41, 5.74) is 0.834. The van der Waals surface area contributed by atoms with E-state index in [4.69, 9.17) is 4.74 Å². The lowest BCUT2D eigenvalue weighted by atomic mass is 10.0. The van der Waals surface area contributed by atoms with E-state index in [1.807, 2.05) is 33.8 Å². The predicted molar refractivity (Wildman–Crippen MR) is 79.7 cm³/mol. The summed E-state index contributed by atoms with van der Waals surface area (Å²) < 4.78 is 19.6. The highest BCUT2D eigenvalue weighted by atomic mass is 19.1. The van der Waals surface area contributed by atoms with Crippen LogP contribution in [0.2, 0.25) is 0 Å². The van der Waals surface area contributed by atoms with Crippen LogP contribution in [0.3, 0.4) is 0 Å². The van der Waals surface area contributed by atoms with Crippen molar-refractivity contribution >= 4 is 6.09 Å². The molecule has 1 aromatic carbocycles. The molecule has 0 aliphatic carbocycles. The van der Waals surface area contributed by atoms with Crippen molar-refractivity contribution in [1.29, 1.82) is 0 Å². The van der Waals surface area contributed by atoms with Crippen LogP contribution in [0.25, 0.3) is 0 Å². The van der Waals surface area contributed by atoms with Gasteiger partial charge in [-0.1, -0.05) is 12.1 Å². The van der Waals surface area contributed by atoms with E-state index in [0.717, 1.165) is 5.56 Å². The maximum atomic E-state index is 14.2. The number of hydrogen-bond donors (Lipinski definition) is 1. The summed E-state index contributed by atoms with van der Waals surface area (Å²) >= 11 is 0. The first-order chi connectivity index (χ1) is 9.78. The van der Waals surface area contributed by atoms with E-state index in [9.17, 15) is 9.18 Å². The fourth-order valence-corrected chi connectivity index (χ4v) is 2.42. The Morgan fingerprint density at radius 1 is 1.43 bits per heavy atom. The molecule has 0 radical (unpaired) electrons. The van der Waals surface area contributed by atoms with Gasteiger partial charge in [0, 0.05) is 25.2 Å². The van der Waals surface area contributed by atoms with Crippen LogP contribution in [0.5, 0.6) is 0 Å². The average molecular weight is 294 g/mol. The van der Waals surface area contributed by atoms with Gasteiger partial charge in [0.2, 0.25) is 0 Å². The molecule has 1 aromatic rings. The van der Waals surface area contributed by atoms with Crippen molar-refractivity contribution < 1.29 is 13.9 Å². The van der Waals surface area contributed by atoms with Crippen molar-refractivity contribution in [3.8, 4) is 0 Å². The molecule has 5 heteroatoms. The van der Waals surface area contributed by atoms with Crippen molar-refractivity contribution in [2.24, 2.45) is 0 Å². The van der Waals surface area contributed by atoms with Crippen molar-refractivity contribution in [2.75, 3.05) is 19.6 Å². The molecule has 0 aromatic heterocycles. The van der Waals surface area contributed by atoms with Crippen LogP contribution in [0.4, 0.5) is 9.18 Å². The van der Waals surface area contributed by atoms with Crippen LogP contribution in [-0.2, 0) is 4.74 Å². The lowest BCUT2D eigenvalue weighted by Crippen LogP contribution is -2.50. The van der Waals surface area contributed by atoms with Crippen LogP contribution in [0.1, 0.15) is 37.9 Å². The molecule has 1 fully saturated rings. The van der Waals surface area contributed by atoms with Crippen molar-refractivity contribution in [3.05, 3.63) is 35.1 Å². The maximum Gasteiger partial charge on any atom is 0.410 e. The number of nitrogens with zero attached hydrogens (tertiary/aromatic N) is 1. The molecule has 1 N–H and O–H groups in total. The number of aryl methyl sites for hydroxylation is 1. The van der Waals surface area contributed by atoms with Crippen molar-refractivity contribution in [1.82, 2.24) is 10.2 Å². The molecule has 1 heterocycles. The number of carbonyl (C=O) groups is 1. The van der Waals surface area contributed by atoms with Crippen LogP contribution < -0.4 is 5.32 Å². The Labute approximate surface area is 125 Å². The monoisotopic (exact) mass is 294 g/mol. The van der Waals surface area contributed by atoms with E-state index < -0.39 is 11.7 Å². The van der Waals surface area contributed by atoms with Gasteiger partial charge in [-0.05, 0) is 39.3 Å². The zero-order valence-corrected chi connectivity index (χ0v) is 13.1. The highest BCUT2D eigenvalue weighted by Gasteiger charge is 2.32. The summed E-state index contributed by atoms with van der Waals surface area (Å²) in [7, 11) is 0. The molecule has 21 heavy (non-hydrogen) atoms. The summed E-state index contributed by atoms with van der Waals surface area (Å²) in [5.74, 6) is -0.280. The second-order valence-electron chi connectivity index (χ2n) is 6.42. The molecule has 0 saturated carbocycles. The fourth-order valence-electron chi connectivity index (χ4n) is 2.42. The number of piperazine rings is 1. The van der Waals surface area contributed by atoms with Crippen LogP contribution >= 0.6 is 0 Å². The SMILES string of the molecule is Cc1ccc(C2CNCCN2C(=O)OC(C)(C)C)c(F)c1. The van der Waals surface area contributed by atoms with E-state index in [1.165, 1.54) is 6.07 Å². The van der Waals surface area contributed by atoms with Gasteiger partial charge in [0.1, 0.15) is 11.4 Å². The minimum absolute atomic E-state index is 0.280. The number of hydrogen-bond acceptors (Lipinski definition) is 3. The maximum absolute atomic E-state index is 14.2. The number of amides is 1. The quantitative estimate of drug-likeness (QED) is 0.865. The van der Waals surface area contributed by atoms with Crippen LogP contribution in [0, 0.1) is 12.7 Å². The first-order valence-corrected chi connectivity index (χ1v) is 7.24. The Kier molecular flexibility index (Phi) is 4.52. The van der Waals surface area contributed by atoms with Gasteiger partial charge in [0.15, 0.2) is 0 Å². The Morgan fingerprint density at radius 3 is 2.76 bits per heavy atom. The first kappa shape index (κ1) is 15.8. The smallest absolute Gasteiger partial charge is 0.410 e. The molecule has 1 saturated heterocycles. The summed E-state index contributed by atoms with van der Waals surface area (Å²) in [6.45, 7) is 9.05. The molecule has 1 unspecified atom stereocenters. The molecule has 1 aliphatic rings. The fraction of sp³-hybridized carbons (Fsp3) is 0.562. The van der Waals surface area contributed by atoms with Gasteiger partial charge >= 0.3 is 6.09 Å². The number of benzene rings is 1. The highest BCUT2D eigenvalue weighted by Crippen LogP contribution is 2.27. The van der Waals surface area contributed by atoms with E-state index >= 15 is 0 Å². The zero-order valence-electron chi connectivity index (χ0n) is 13.1. The Bertz CT molecular complexity index is 525. The summed E-state index contributed by atoms with van der Waals surface area (Å²) in [6, 6.07) is 4.77. The third-order valence-electron chi connectivity index (χ3n) is 3.39. The third-order valence-corrected chi connectivity index (χ3v) is 3.39. The second-order valence-corrected chi connectivity index (χ2v) is 6.42. The Hall–Kier alpha value is -1.62. The molecule has 4 nitrogen and oxygen atoms in total. The first-order valence-electron chi connectivity index (χ1n) is 7.24. The minimum atomic E-state index is -0.557. The number of ether oxygens (including phenoxy) is 1. The molecule has 1 amide bonds. The topological polar surface area (TPSA) is 41.6 Å². The molecular weight excluding hydrogens is 271 g/mol. The largest absolute Gasteiger partial charge is 0.444 e. The molecule has 116 valence electrons. The lowest BCUT2D eigenvalue weighted by molar-refractivity contribution is 0.0114. The third kappa shape index (κ3) is 3.94. The van der Waals surface area contributed by atoms with Crippen molar-refractivity contribution in [3.63, 3.8) is 0 Å². The van der Waals surface area contributed by atoms with Gasteiger partial charge in [-0.2, -0.15) is 0 Å². The number of rotatable bonds is 1. The van der Waals surface area contributed by atoms with Gasteiger partial charge in [-0.25, -0.2) is 9.18 Å². The van der Waals surface area contributed by atoms with Crippen LogP contribution in [0.15, 0.2) is 18.2 Å². The number of halogens is 1. The number of nitrogens with one attached hydrogen (secondary N) is 1. The normalized spacial score (nSPS) is 19.5. The minimum Gasteiger partial charge on any atom is -0.444 e. The Morgan fingerprint density at radius 2 is 2.14 bits per heavy atom. The van der Waals surface area contributed by atoms with Gasteiger partial charge in [0.05, 0.1) is 6.04 Å². The molecular formula is C16H23FN2O2. The van der Waals surface area contributed by atoms with Gasteiger partial charge in [-0.15, -0.1) is 0 Å². The Balaban J connectivity index is 2.24. The van der Waals surface area contributed by atoms with Gasteiger partial charge in [0.25, 0.3) is 0 Å². The highest BCUT2D eigenvalue weighted by molar-refractivity contribution is 5.69. The molecule has 1 aliphatic heterocycles. The second kappa shape index (κ2) is 6.02. The summed E-state index contributed by atoms with van der Waals surface area (Å²) in [5, 5.41) is 3.21. The van der Waals surface area contributed by atoms with Gasteiger partial charge in [-0.3, -0.25) is 4.90 Å². The average Bonchev–Trinajstić information content (AvgIpc) is 2.37. The van der Waals surface area contributed by atoms with Gasteiger partial charge < -0.3 is 10.1 Å². The van der Waals surface area contributed by atoms with E-state index in [1.54, 1.807) is 11.0 Å². The van der Waals surface area contributed by atoms with E-state index in [0.29, 0.717) is 25.2 Å². The summed E-state index contributed by atoms with van der Waals surface area (Å²) in [6.07, 6.45) is -0.394. The van der Waals surface area contributed by atoms with Crippen LogP contribution in [-0.4, -0.2) is 36.2 Å². The molecule has 0 spiro atoms. The predicted octanol–water partition coefficient (Wildman–Crippen LogP) is 3.02. The molecule has 0 bridgehead atoms. The van der Waals surface area contributed by atoms with E-state index in [2.05, 4.69) is 5.32 Å². The molecule has 2 rings (SSSR count). The standard InChI is InChI=1S/C16H23FN2O2/c1-11-5-6-12(13(17)9-11)14-10-18-7-8-19(14)15(20)21-16(2,3)4/h5-6,9,14,18H,7-8,10H2,1-4H3. The number of carbonyl (C=O) groups excluding carboxylic acids is 1.